The number of nitrogens with zero attached hydrogens (tertiary/aromatic N) is 4. The molecular weight excluding hydrogens is 346 g/mol. The number of benzene rings is 1. The quantitative estimate of drug-likeness (QED) is 0.625. The van der Waals surface area contributed by atoms with Crippen molar-refractivity contribution < 1.29 is 6.17 Å². The predicted octanol–water partition coefficient (Wildman–Crippen LogP) is 3.45. The summed E-state index contributed by atoms with van der Waals surface area (Å²) in [6, 6.07) is 10.6. The van der Waals surface area contributed by atoms with Crippen LogP contribution in [-0.2, 0) is 11.2 Å². The van der Waals surface area contributed by atoms with Gasteiger partial charge >= 0.3 is 0 Å². The first kappa shape index (κ1) is 17.8. The van der Waals surface area contributed by atoms with Crippen molar-refractivity contribution in [2.45, 2.75) is 23.6 Å². The molecule has 0 aliphatic heterocycles. The number of amides is 1. The van der Waals surface area contributed by atoms with Gasteiger partial charge in [0.25, 0.3) is 0 Å². The second-order valence-electron chi connectivity index (χ2n) is 5.58. The maximum absolute atomic E-state index is 12.2. The van der Waals surface area contributed by atoms with E-state index in [1.807, 2.05) is 6.92 Å². The molecule has 1 aromatic carbocycles. The molecular formula is C19H19N5OS. The summed E-state index contributed by atoms with van der Waals surface area (Å²) in [7, 11) is 3.49. The summed E-state index contributed by atoms with van der Waals surface area (Å²) in [5.41, 5.74) is 7.00. The van der Waals surface area contributed by atoms with Gasteiger partial charge in [-0.2, -0.15) is 5.26 Å². The first-order chi connectivity index (χ1) is 12.8. The monoisotopic (exact) mass is 366 g/mol. The number of rotatable bonds is 6. The summed E-state index contributed by atoms with van der Waals surface area (Å²) >= 11 is 0.813. The third kappa shape index (κ3) is 3.79. The molecule has 0 saturated heterocycles. The van der Waals surface area contributed by atoms with Crippen LogP contribution in [0.25, 0.3) is 4.85 Å². The van der Waals surface area contributed by atoms with Crippen LogP contribution in [0.2, 0.25) is 0 Å². The molecule has 0 aliphatic rings. The van der Waals surface area contributed by atoms with E-state index in [4.69, 9.17) is 13.7 Å². The van der Waals surface area contributed by atoms with Crippen molar-refractivity contribution in [3.63, 3.8) is 0 Å². The Morgan fingerprint density at radius 1 is 1.50 bits per heavy atom. The molecule has 1 aromatic heterocycles. The number of carbonyl (C=O) groups is 1. The highest BCUT2D eigenvalue weighted by molar-refractivity contribution is 8.00. The number of nitrogens with two attached hydrogens (primary N) is 1. The summed E-state index contributed by atoms with van der Waals surface area (Å²) < 4.78 is 8.69. The van der Waals surface area contributed by atoms with E-state index in [0.717, 1.165) is 11.8 Å². The Morgan fingerprint density at radius 2 is 2.15 bits per heavy atom. The molecule has 0 radical (unpaired) electrons. The van der Waals surface area contributed by atoms with E-state index in [2.05, 4.69) is 15.9 Å². The van der Waals surface area contributed by atoms with Crippen molar-refractivity contribution in [2.75, 3.05) is 19.0 Å². The van der Waals surface area contributed by atoms with Gasteiger partial charge in [0.2, 0.25) is 11.6 Å². The van der Waals surface area contributed by atoms with Gasteiger partial charge in [-0.15, -0.1) is 0 Å². The largest absolute Gasteiger partial charge is 0.371 e. The highest BCUT2D eigenvalue weighted by Gasteiger charge is 2.26. The highest BCUT2D eigenvalue weighted by Crippen LogP contribution is 2.42. The Hall–Kier alpha value is -3.03. The van der Waals surface area contributed by atoms with Crippen LogP contribution in [0.3, 0.4) is 0 Å². The van der Waals surface area contributed by atoms with Crippen LogP contribution in [0.5, 0.6) is 0 Å². The Labute approximate surface area is 158 Å². The van der Waals surface area contributed by atoms with Gasteiger partial charge in [-0.1, -0.05) is 49.0 Å². The molecule has 0 aliphatic carbocycles. The lowest BCUT2D eigenvalue weighted by atomic mass is 10.1. The number of pyridine rings is 1. The van der Waals surface area contributed by atoms with Crippen molar-refractivity contribution >= 4 is 29.2 Å². The average molecular weight is 366 g/mol. The maximum Gasteiger partial charge on any atom is 0.235 e. The van der Waals surface area contributed by atoms with Crippen molar-refractivity contribution in [1.82, 2.24) is 4.98 Å². The molecule has 1 amide bonds. The number of hydrogen-bond donors (Lipinski definition) is 1. The standard InChI is InChI=1S/C19H19N5OS/c1-5-13-14(11-20)19(23-18(24(3)4)15(13)22-2)26-16(17(21)25)12-9-7-6-8-10-12/h6-10,16H,5H2,1,3-4H3,(H2,21,25)/t16-/m1/s1/i16D. The minimum atomic E-state index is -1.85. The SMILES string of the molecule is [2H][C@](Sc1nc(N(C)C)c([N+]#[C-])c(CC)c1C#N)(C(N)=O)c1ccccc1. The third-order valence-corrected chi connectivity index (χ3v) is 4.81. The Bertz CT molecular complexity index is 949. The fourth-order valence-electron chi connectivity index (χ4n) is 2.49. The van der Waals surface area contributed by atoms with Gasteiger partial charge < -0.3 is 10.6 Å². The number of primary amides is 1. The fraction of sp³-hybridized carbons (Fsp3) is 0.263. The van der Waals surface area contributed by atoms with Crippen LogP contribution in [0.1, 0.15) is 30.2 Å². The molecule has 0 spiro atoms. The van der Waals surface area contributed by atoms with Crippen molar-refractivity contribution in [2.24, 2.45) is 5.73 Å². The van der Waals surface area contributed by atoms with Crippen LogP contribution < -0.4 is 10.6 Å². The molecule has 0 fully saturated rings. The van der Waals surface area contributed by atoms with Gasteiger partial charge in [-0.25, -0.2) is 9.83 Å². The zero-order chi connectivity index (χ0) is 20.2. The van der Waals surface area contributed by atoms with E-state index in [1.54, 1.807) is 49.3 Å². The summed E-state index contributed by atoms with van der Waals surface area (Å²) in [6.45, 7) is 9.32. The summed E-state index contributed by atoms with van der Waals surface area (Å²) in [5, 5.41) is 8.05. The highest BCUT2D eigenvalue weighted by atomic mass is 32.2. The lowest BCUT2D eigenvalue weighted by Gasteiger charge is -2.20. The Kier molecular flexibility index (Phi) is 5.73. The Balaban J connectivity index is 2.74. The molecule has 7 heteroatoms. The number of carbonyl (C=O) groups excluding carboxylic acids is 1. The van der Waals surface area contributed by atoms with Crippen LogP contribution >= 0.6 is 11.8 Å². The molecule has 1 atom stereocenters. The number of hydrogen-bond acceptors (Lipinski definition) is 5. The lowest BCUT2D eigenvalue weighted by molar-refractivity contribution is -0.117. The number of anilines is 1. The number of aromatic nitrogens is 1. The van der Waals surface area contributed by atoms with Gasteiger partial charge in [-0.3, -0.25) is 4.79 Å². The molecule has 2 N–H and O–H groups in total. The molecule has 26 heavy (non-hydrogen) atoms. The van der Waals surface area contributed by atoms with Gasteiger partial charge in [0.15, 0.2) is 0 Å². The number of nitriles is 1. The van der Waals surface area contributed by atoms with Gasteiger partial charge in [0.05, 0.1) is 13.5 Å². The van der Waals surface area contributed by atoms with E-state index < -0.39 is 11.1 Å². The van der Waals surface area contributed by atoms with Crippen LogP contribution in [0.15, 0.2) is 35.4 Å². The van der Waals surface area contributed by atoms with Crippen molar-refractivity contribution in [3.05, 3.63) is 58.4 Å². The van der Waals surface area contributed by atoms with E-state index in [0.29, 0.717) is 29.1 Å². The molecule has 0 bridgehead atoms. The van der Waals surface area contributed by atoms with E-state index in [9.17, 15) is 10.1 Å². The minimum Gasteiger partial charge on any atom is -0.371 e. The van der Waals surface area contributed by atoms with Crippen LogP contribution in [-0.4, -0.2) is 25.0 Å². The summed E-state index contributed by atoms with van der Waals surface area (Å²) in [4.78, 5) is 21.8. The zero-order valence-corrected chi connectivity index (χ0v) is 15.6. The summed E-state index contributed by atoms with van der Waals surface area (Å²) in [6.07, 6.45) is 0.449. The Morgan fingerprint density at radius 3 is 2.62 bits per heavy atom. The number of thioether (sulfide) groups is 1. The average Bonchev–Trinajstić information content (AvgIpc) is 2.67. The molecule has 2 aromatic rings. The van der Waals surface area contributed by atoms with Crippen LogP contribution in [0, 0.1) is 17.9 Å². The van der Waals surface area contributed by atoms with Crippen LogP contribution in [0.4, 0.5) is 11.5 Å². The van der Waals surface area contributed by atoms with Crippen molar-refractivity contribution in [1.29, 1.82) is 5.26 Å². The molecule has 132 valence electrons. The molecule has 0 saturated carbocycles. The van der Waals surface area contributed by atoms with E-state index >= 15 is 0 Å². The molecule has 2 rings (SSSR count). The molecule has 0 unspecified atom stereocenters. The van der Waals surface area contributed by atoms with E-state index in [-0.39, 0.29) is 10.6 Å². The first-order valence-corrected chi connectivity index (χ1v) is 8.67. The minimum absolute atomic E-state index is 0.202. The topological polar surface area (TPSA) is 87.4 Å². The smallest absolute Gasteiger partial charge is 0.235 e. The van der Waals surface area contributed by atoms with Gasteiger partial charge in [-0.05, 0) is 17.5 Å². The maximum atomic E-state index is 12.2. The predicted molar refractivity (Wildman–Crippen MR) is 103 cm³/mol. The third-order valence-electron chi connectivity index (χ3n) is 3.68. The van der Waals surface area contributed by atoms with Crippen molar-refractivity contribution in [3.8, 4) is 6.07 Å². The molecule has 1 heterocycles. The van der Waals surface area contributed by atoms with Gasteiger partial charge in [0.1, 0.15) is 22.1 Å². The first-order valence-electron chi connectivity index (χ1n) is 8.36. The molecule has 6 nitrogen and oxygen atoms in total. The second-order valence-corrected chi connectivity index (χ2v) is 6.57. The summed E-state index contributed by atoms with van der Waals surface area (Å²) in [5.74, 6) is -0.466. The zero-order valence-electron chi connectivity index (χ0n) is 15.8. The fourth-order valence-corrected chi connectivity index (χ4v) is 3.44. The normalized spacial score (nSPS) is 13.0. The van der Waals surface area contributed by atoms with E-state index in [1.165, 1.54) is 0 Å². The van der Waals surface area contributed by atoms with Gasteiger partial charge in [0, 0.05) is 14.1 Å². The lowest BCUT2D eigenvalue weighted by Crippen LogP contribution is -2.19. The second kappa shape index (κ2) is 8.37.